The molecular weight excluding hydrogens is 212 g/mol. The third kappa shape index (κ3) is 2.32. The van der Waals surface area contributed by atoms with Gasteiger partial charge in [-0.25, -0.2) is 9.97 Å². The summed E-state index contributed by atoms with van der Waals surface area (Å²) in [6.45, 7) is 0. The van der Waals surface area contributed by atoms with Gasteiger partial charge in [0.15, 0.2) is 0 Å². The van der Waals surface area contributed by atoms with Crippen LogP contribution in [-0.4, -0.2) is 15.1 Å². The van der Waals surface area contributed by atoms with E-state index in [2.05, 4.69) is 9.97 Å². The van der Waals surface area contributed by atoms with Gasteiger partial charge in [-0.05, 0) is 23.8 Å². The van der Waals surface area contributed by atoms with Gasteiger partial charge in [0.05, 0.1) is 5.69 Å². The molecule has 0 saturated heterocycles. The van der Waals surface area contributed by atoms with Crippen molar-refractivity contribution in [2.45, 2.75) is 6.10 Å². The molecular formula is C11H9ClN2O. The number of halogens is 1. The lowest BCUT2D eigenvalue weighted by atomic mass is 10.1. The van der Waals surface area contributed by atoms with Crippen LogP contribution in [0.1, 0.15) is 17.4 Å². The normalized spacial score (nSPS) is 12.4. The maximum atomic E-state index is 9.95. The van der Waals surface area contributed by atoms with Gasteiger partial charge in [-0.15, -0.1) is 0 Å². The van der Waals surface area contributed by atoms with Crippen molar-refractivity contribution in [2.75, 3.05) is 0 Å². The van der Waals surface area contributed by atoms with E-state index in [1.807, 2.05) is 0 Å². The second-order valence-corrected chi connectivity index (χ2v) is 3.52. The van der Waals surface area contributed by atoms with Crippen molar-refractivity contribution < 1.29 is 5.11 Å². The maximum Gasteiger partial charge on any atom is 0.121 e. The Kier molecular flexibility index (Phi) is 2.94. The molecule has 1 heterocycles. The highest BCUT2D eigenvalue weighted by Gasteiger charge is 2.10. The zero-order valence-electron chi connectivity index (χ0n) is 7.84. The summed E-state index contributed by atoms with van der Waals surface area (Å²) in [5.41, 5.74) is 1.34. The maximum absolute atomic E-state index is 9.95. The summed E-state index contributed by atoms with van der Waals surface area (Å²) in [7, 11) is 0. The molecule has 1 N–H and O–H groups in total. The van der Waals surface area contributed by atoms with E-state index in [-0.39, 0.29) is 0 Å². The average molecular weight is 221 g/mol. The molecule has 4 heteroatoms. The number of rotatable bonds is 2. The van der Waals surface area contributed by atoms with Gasteiger partial charge in [0.25, 0.3) is 0 Å². The van der Waals surface area contributed by atoms with E-state index in [0.717, 1.165) is 5.56 Å². The molecule has 0 radical (unpaired) electrons. The van der Waals surface area contributed by atoms with E-state index in [4.69, 9.17) is 11.6 Å². The standard InChI is InChI=1S/C11H9ClN2O/c12-9-3-1-8(2-4-9)11(15)10-5-6-13-7-14-10/h1-7,11,15H. The van der Waals surface area contributed by atoms with Crippen molar-refractivity contribution in [2.24, 2.45) is 0 Å². The number of hydrogen-bond donors (Lipinski definition) is 1. The first-order valence-corrected chi connectivity index (χ1v) is 4.84. The van der Waals surface area contributed by atoms with Crippen molar-refractivity contribution >= 4 is 11.6 Å². The summed E-state index contributed by atoms with van der Waals surface area (Å²) in [5, 5.41) is 10.6. The fourth-order valence-electron chi connectivity index (χ4n) is 1.28. The molecule has 0 bridgehead atoms. The molecule has 0 fully saturated rings. The van der Waals surface area contributed by atoms with Gasteiger partial charge in [-0.2, -0.15) is 0 Å². The fraction of sp³-hybridized carbons (Fsp3) is 0.0909. The SMILES string of the molecule is OC(c1ccc(Cl)cc1)c1ccncn1. The quantitative estimate of drug-likeness (QED) is 0.844. The van der Waals surface area contributed by atoms with Gasteiger partial charge in [0.1, 0.15) is 12.4 Å². The fourth-order valence-corrected chi connectivity index (χ4v) is 1.40. The molecule has 0 aliphatic rings. The molecule has 3 nitrogen and oxygen atoms in total. The van der Waals surface area contributed by atoms with Gasteiger partial charge < -0.3 is 5.11 Å². The second-order valence-electron chi connectivity index (χ2n) is 3.09. The Balaban J connectivity index is 2.29. The van der Waals surface area contributed by atoms with E-state index in [9.17, 15) is 5.11 Å². The van der Waals surface area contributed by atoms with Crippen LogP contribution in [0.15, 0.2) is 42.9 Å². The first-order chi connectivity index (χ1) is 7.27. The second kappa shape index (κ2) is 4.38. The Morgan fingerprint density at radius 1 is 1.13 bits per heavy atom. The lowest BCUT2D eigenvalue weighted by molar-refractivity contribution is 0.215. The number of hydrogen-bond acceptors (Lipinski definition) is 3. The summed E-state index contributed by atoms with van der Waals surface area (Å²) < 4.78 is 0. The first kappa shape index (κ1) is 10.1. The van der Waals surface area contributed by atoms with Crippen molar-refractivity contribution in [3.63, 3.8) is 0 Å². The summed E-state index contributed by atoms with van der Waals surface area (Å²) in [5.74, 6) is 0. The number of nitrogens with zero attached hydrogens (tertiary/aromatic N) is 2. The molecule has 0 spiro atoms. The van der Waals surface area contributed by atoms with Crippen molar-refractivity contribution in [1.29, 1.82) is 0 Å². The Bertz CT molecular complexity index is 430. The highest BCUT2D eigenvalue weighted by atomic mass is 35.5. The van der Waals surface area contributed by atoms with Gasteiger partial charge in [0.2, 0.25) is 0 Å². The Labute approximate surface area is 92.4 Å². The largest absolute Gasteiger partial charge is 0.382 e. The highest BCUT2D eigenvalue weighted by molar-refractivity contribution is 6.30. The molecule has 0 amide bonds. The van der Waals surface area contributed by atoms with Crippen molar-refractivity contribution in [3.8, 4) is 0 Å². The van der Waals surface area contributed by atoms with Gasteiger partial charge in [0, 0.05) is 11.2 Å². The van der Waals surface area contributed by atoms with E-state index >= 15 is 0 Å². The number of aliphatic hydroxyl groups excluding tert-OH is 1. The minimum atomic E-state index is -0.731. The highest BCUT2D eigenvalue weighted by Crippen LogP contribution is 2.20. The van der Waals surface area contributed by atoms with Crippen LogP contribution < -0.4 is 0 Å². The predicted molar refractivity (Wildman–Crippen MR) is 57.5 cm³/mol. The van der Waals surface area contributed by atoms with E-state index in [0.29, 0.717) is 10.7 Å². The lowest BCUT2D eigenvalue weighted by Gasteiger charge is -2.09. The van der Waals surface area contributed by atoms with E-state index in [1.54, 1.807) is 36.5 Å². The molecule has 0 saturated carbocycles. The molecule has 2 aromatic rings. The molecule has 1 atom stereocenters. The summed E-state index contributed by atoms with van der Waals surface area (Å²) in [6.07, 6.45) is 2.28. The average Bonchev–Trinajstić information content (AvgIpc) is 2.30. The molecule has 76 valence electrons. The lowest BCUT2D eigenvalue weighted by Crippen LogP contribution is -2.01. The van der Waals surface area contributed by atoms with E-state index < -0.39 is 6.10 Å². The Hall–Kier alpha value is -1.45. The Morgan fingerprint density at radius 2 is 1.87 bits per heavy atom. The van der Waals surface area contributed by atoms with Crippen LogP contribution in [0, 0.1) is 0 Å². The smallest absolute Gasteiger partial charge is 0.121 e. The van der Waals surface area contributed by atoms with Crippen LogP contribution in [0.4, 0.5) is 0 Å². The minimum absolute atomic E-state index is 0.576. The van der Waals surface area contributed by atoms with Crippen LogP contribution in [0.25, 0.3) is 0 Å². The summed E-state index contributed by atoms with van der Waals surface area (Å²) in [4.78, 5) is 7.78. The summed E-state index contributed by atoms with van der Waals surface area (Å²) in [6, 6.07) is 8.70. The molecule has 1 unspecified atom stereocenters. The third-order valence-electron chi connectivity index (χ3n) is 2.07. The first-order valence-electron chi connectivity index (χ1n) is 4.47. The zero-order valence-corrected chi connectivity index (χ0v) is 8.59. The number of benzene rings is 1. The van der Waals surface area contributed by atoms with Crippen LogP contribution in [0.3, 0.4) is 0 Å². The Morgan fingerprint density at radius 3 is 2.47 bits per heavy atom. The zero-order chi connectivity index (χ0) is 10.7. The van der Waals surface area contributed by atoms with Gasteiger partial charge >= 0.3 is 0 Å². The molecule has 2 rings (SSSR count). The van der Waals surface area contributed by atoms with Crippen LogP contribution in [-0.2, 0) is 0 Å². The van der Waals surface area contributed by atoms with E-state index in [1.165, 1.54) is 6.33 Å². The minimum Gasteiger partial charge on any atom is -0.382 e. The predicted octanol–water partition coefficient (Wildman–Crippen LogP) is 2.21. The van der Waals surface area contributed by atoms with Crippen LogP contribution >= 0.6 is 11.6 Å². The molecule has 1 aromatic carbocycles. The molecule has 1 aromatic heterocycles. The number of aliphatic hydroxyl groups is 1. The molecule has 15 heavy (non-hydrogen) atoms. The third-order valence-corrected chi connectivity index (χ3v) is 2.32. The van der Waals surface area contributed by atoms with Gasteiger partial charge in [-0.3, -0.25) is 0 Å². The van der Waals surface area contributed by atoms with Crippen molar-refractivity contribution in [1.82, 2.24) is 9.97 Å². The molecule has 0 aliphatic heterocycles. The summed E-state index contributed by atoms with van der Waals surface area (Å²) >= 11 is 5.76. The number of aromatic nitrogens is 2. The van der Waals surface area contributed by atoms with Crippen LogP contribution in [0.5, 0.6) is 0 Å². The van der Waals surface area contributed by atoms with Gasteiger partial charge in [-0.1, -0.05) is 23.7 Å². The van der Waals surface area contributed by atoms with Crippen molar-refractivity contribution in [3.05, 3.63) is 59.1 Å². The topological polar surface area (TPSA) is 46.0 Å². The molecule has 0 aliphatic carbocycles. The monoisotopic (exact) mass is 220 g/mol. The van der Waals surface area contributed by atoms with Crippen LogP contribution in [0.2, 0.25) is 5.02 Å².